The number of carbonyl (C=O) groups is 4. The highest BCUT2D eigenvalue weighted by Gasteiger charge is 2.18. The van der Waals surface area contributed by atoms with Gasteiger partial charge in [-0.1, -0.05) is 18.2 Å². The molecule has 9 nitrogen and oxygen atoms in total. The van der Waals surface area contributed by atoms with E-state index in [0.29, 0.717) is 11.1 Å². The first kappa shape index (κ1) is 25.9. The van der Waals surface area contributed by atoms with E-state index < -0.39 is 24.3 Å². The molecule has 0 radical (unpaired) electrons. The Hall–Kier alpha value is -4.40. The van der Waals surface area contributed by atoms with Crippen LogP contribution in [0.15, 0.2) is 48.6 Å². The maximum atomic E-state index is 12.3. The van der Waals surface area contributed by atoms with Crippen LogP contribution in [0.1, 0.15) is 24.5 Å². The molecule has 0 bridgehead atoms. The fraction of sp³-hybridized carbons (Fsp3) is 0.200. The number of allylic oxidation sites excluding steroid dienone is 1. The van der Waals surface area contributed by atoms with Crippen molar-refractivity contribution in [2.75, 3.05) is 21.3 Å². The van der Waals surface area contributed by atoms with Gasteiger partial charge in [-0.05, 0) is 54.5 Å². The molecule has 0 aliphatic heterocycles. The second-order valence-corrected chi connectivity index (χ2v) is 6.75. The van der Waals surface area contributed by atoms with Gasteiger partial charge in [0.25, 0.3) is 0 Å². The van der Waals surface area contributed by atoms with Crippen molar-refractivity contribution in [2.24, 2.45) is 0 Å². The van der Waals surface area contributed by atoms with E-state index in [4.69, 9.17) is 18.9 Å². The van der Waals surface area contributed by atoms with Gasteiger partial charge in [-0.15, -0.1) is 0 Å². The number of ketones is 1. The predicted octanol–water partition coefficient (Wildman–Crippen LogP) is 3.39. The monoisotopic (exact) mass is 468 g/mol. The van der Waals surface area contributed by atoms with E-state index in [2.05, 4.69) is 4.74 Å². The molecule has 0 saturated carbocycles. The fourth-order valence-corrected chi connectivity index (χ4v) is 2.63. The molecule has 0 N–H and O–H groups in total. The van der Waals surface area contributed by atoms with Crippen molar-refractivity contribution in [3.8, 4) is 23.0 Å². The van der Waals surface area contributed by atoms with Crippen LogP contribution in [0.25, 0.3) is 12.2 Å². The maximum absolute atomic E-state index is 12.3. The fourth-order valence-electron chi connectivity index (χ4n) is 2.63. The van der Waals surface area contributed by atoms with Crippen molar-refractivity contribution < 1.29 is 42.9 Å². The minimum absolute atomic E-state index is 0.0923. The van der Waals surface area contributed by atoms with Gasteiger partial charge in [0.1, 0.15) is 6.42 Å². The van der Waals surface area contributed by atoms with Crippen molar-refractivity contribution in [1.82, 2.24) is 0 Å². The zero-order valence-corrected chi connectivity index (χ0v) is 19.2. The molecule has 0 atom stereocenters. The summed E-state index contributed by atoms with van der Waals surface area (Å²) in [6.45, 7) is 1.43. The molecule has 0 aromatic heterocycles. The number of hydrogen-bond acceptors (Lipinski definition) is 9. The Bertz CT molecular complexity index is 1130. The third-order valence-corrected chi connectivity index (χ3v) is 4.24. The lowest BCUT2D eigenvalue weighted by atomic mass is 10.1. The SMILES string of the molecule is COC(=O)/C=C/c1ccc(OC(=O)CC(=O)Oc2ccc(/C=C/C(C)=O)cc2OC)c(OC)c1. The van der Waals surface area contributed by atoms with E-state index in [1.807, 2.05) is 0 Å². The highest BCUT2D eigenvalue weighted by Crippen LogP contribution is 2.30. The number of rotatable bonds is 10. The molecule has 0 saturated heterocycles. The van der Waals surface area contributed by atoms with E-state index in [9.17, 15) is 19.2 Å². The normalized spacial score (nSPS) is 10.7. The summed E-state index contributed by atoms with van der Waals surface area (Å²) in [5.74, 6) is -1.67. The van der Waals surface area contributed by atoms with Crippen LogP contribution in [0.3, 0.4) is 0 Å². The number of benzene rings is 2. The summed E-state index contributed by atoms with van der Waals surface area (Å²) in [6.07, 6.45) is 5.06. The van der Waals surface area contributed by atoms with Crippen molar-refractivity contribution in [2.45, 2.75) is 13.3 Å². The van der Waals surface area contributed by atoms with Gasteiger partial charge in [0.15, 0.2) is 28.8 Å². The third kappa shape index (κ3) is 7.94. The Kier molecular flexibility index (Phi) is 9.57. The Morgan fingerprint density at radius 1 is 0.706 bits per heavy atom. The molecule has 0 fully saturated rings. The van der Waals surface area contributed by atoms with Gasteiger partial charge in [0, 0.05) is 6.08 Å². The topological polar surface area (TPSA) is 114 Å². The van der Waals surface area contributed by atoms with E-state index in [0.717, 1.165) is 0 Å². The Labute approximate surface area is 196 Å². The van der Waals surface area contributed by atoms with Gasteiger partial charge in [-0.2, -0.15) is 0 Å². The van der Waals surface area contributed by atoms with Crippen LogP contribution in [0.4, 0.5) is 0 Å². The molecule has 178 valence electrons. The molecule has 0 spiro atoms. The average Bonchev–Trinajstić information content (AvgIpc) is 2.82. The smallest absolute Gasteiger partial charge is 0.330 e. The first-order valence-electron chi connectivity index (χ1n) is 9.97. The summed E-state index contributed by atoms with van der Waals surface area (Å²) < 4.78 is 25.4. The number of hydrogen-bond donors (Lipinski definition) is 0. The molecular weight excluding hydrogens is 444 g/mol. The summed E-state index contributed by atoms with van der Waals surface area (Å²) >= 11 is 0. The maximum Gasteiger partial charge on any atom is 0.330 e. The van der Waals surface area contributed by atoms with Gasteiger partial charge >= 0.3 is 17.9 Å². The number of esters is 3. The van der Waals surface area contributed by atoms with Crippen LogP contribution in [0, 0.1) is 0 Å². The largest absolute Gasteiger partial charge is 0.493 e. The lowest BCUT2D eigenvalue weighted by Crippen LogP contribution is -2.18. The van der Waals surface area contributed by atoms with Gasteiger partial charge < -0.3 is 23.7 Å². The second-order valence-electron chi connectivity index (χ2n) is 6.75. The summed E-state index contributed by atoms with van der Waals surface area (Å²) in [6, 6.07) is 9.31. The van der Waals surface area contributed by atoms with Crippen LogP contribution in [0.5, 0.6) is 23.0 Å². The highest BCUT2D eigenvalue weighted by atomic mass is 16.6. The van der Waals surface area contributed by atoms with Gasteiger partial charge in [0.05, 0.1) is 21.3 Å². The zero-order valence-electron chi connectivity index (χ0n) is 19.2. The van der Waals surface area contributed by atoms with Crippen LogP contribution < -0.4 is 18.9 Å². The van der Waals surface area contributed by atoms with Gasteiger partial charge in [0.2, 0.25) is 0 Å². The summed E-state index contributed by atoms with van der Waals surface area (Å²) in [7, 11) is 4.05. The lowest BCUT2D eigenvalue weighted by molar-refractivity contribution is -0.144. The predicted molar refractivity (Wildman–Crippen MR) is 123 cm³/mol. The molecule has 0 aliphatic carbocycles. The molecule has 0 heterocycles. The number of ether oxygens (including phenoxy) is 5. The summed E-state index contributed by atoms with van der Waals surface area (Å²) in [5, 5.41) is 0. The van der Waals surface area contributed by atoms with E-state index in [-0.39, 0.29) is 28.8 Å². The summed E-state index contributed by atoms with van der Waals surface area (Å²) in [5.41, 5.74) is 1.28. The van der Waals surface area contributed by atoms with Crippen LogP contribution in [-0.4, -0.2) is 45.0 Å². The minimum atomic E-state index is -0.860. The Balaban J connectivity index is 2.04. The van der Waals surface area contributed by atoms with Crippen LogP contribution >= 0.6 is 0 Å². The summed E-state index contributed by atoms with van der Waals surface area (Å²) in [4.78, 5) is 46.8. The Morgan fingerprint density at radius 2 is 1.18 bits per heavy atom. The van der Waals surface area contributed by atoms with Crippen molar-refractivity contribution in [3.05, 3.63) is 59.7 Å². The molecule has 9 heteroatoms. The third-order valence-electron chi connectivity index (χ3n) is 4.24. The Morgan fingerprint density at radius 3 is 1.59 bits per heavy atom. The average molecular weight is 468 g/mol. The van der Waals surface area contributed by atoms with Crippen molar-refractivity contribution in [1.29, 1.82) is 0 Å². The number of methoxy groups -OCH3 is 3. The molecule has 0 aliphatic rings. The van der Waals surface area contributed by atoms with E-state index >= 15 is 0 Å². The first-order valence-corrected chi connectivity index (χ1v) is 9.97. The van der Waals surface area contributed by atoms with Crippen LogP contribution in [0.2, 0.25) is 0 Å². The van der Waals surface area contributed by atoms with Gasteiger partial charge in [-0.3, -0.25) is 14.4 Å². The first-order chi connectivity index (χ1) is 16.2. The zero-order chi connectivity index (χ0) is 25.1. The molecule has 2 rings (SSSR count). The van der Waals surface area contributed by atoms with Crippen LogP contribution in [-0.2, 0) is 23.9 Å². The molecule has 2 aromatic carbocycles. The molecule has 34 heavy (non-hydrogen) atoms. The van der Waals surface area contributed by atoms with Crippen molar-refractivity contribution in [3.63, 3.8) is 0 Å². The van der Waals surface area contributed by atoms with E-state index in [1.54, 1.807) is 30.3 Å². The van der Waals surface area contributed by atoms with Crippen molar-refractivity contribution >= 4 is 35.8 Å². The second kappa shape index (κ2) is 12.6. The lowest BCUT2D eigenvalue weighted by Gasteiger charge is -2.11. The standard InChI is InChI=1S/C25H24O9/c1-16(26)5-6-17-7-10-19(21(13-17)30-2)33-24(28)15-25(29)34-20-11-8-18(14-22(20)31-3)9-12-23(27)32-4/h5-14H,15H2,1-4H3/b6-5+,12-9+. The minimum Gasteiger partial charge on any atom is -0.493 e. The highest BCUT2D eigenvalue weighted by molar-refractivity contribution is 5.94. The molecule has 0 unspecified atom stereocenters. The number of carbonyl (C=O) groups excluding carboxylic acids is 4. The molecule has 2 aromatic rings. The quantitative estimate of drug-likeness (QED) is 0.224. The molecule has 0 amide bonds. The molecular formula is C25H24O9. The van der Waals surface area contributed by atoms with E-state index in [1.165, 1.54) is 58.6 Å². The van der Waals surface area contributed by atoms with Gasteiger partial charge in [-0.25, -0.2) is 4.79 Å².